The molecule has 2 unspecified atom stereocenters. The fourth-order valence-corrected chi connectivity index (χ4v) is 6.18. The van der Waals surface area contributed by atoms with Crippen molar-refractivity contribution in [2.75, 3.05) is 0 Å². The molecule has 0 aromatic carbocycles. The summed E-state index contributed by atoms with van der Waals surface area (Å²) in [5.41, 5.74) is 1.28. The fraction of sp³-hybridized carbons (Fsp3) is 0.542. The molecule has 32 heavy (non-hydrogen) atoms. The van der Waals surface area contributed by atoms with Crippen molar-refractivity contribution in [2.45, 2.75) is 58.3 Å². The molecule has 6 nitrogen and oxygen atoms in total. The molecule has 2 aliphatic carbocycles. The first-order valence-electron chi connectivity index (χ1n) is 11.4. The van der Waals surface area contributed by atoms with Gasteiger partial charge < -0.3 is 0 Å². The molecular formula is C24H27F2N5O. The quantitative estimate of drug-likeness (QED) is 0.583. The molecule has 0 radical (unpaired) electrons. The zero-order valence-electron chi connectivity index (χ0n) is 18.4. The lowest BCUT2D eigenvalue weighted by Crippen LogP contribution is -2.41. The Morgan fingerprint density at radius 3 is 2.66 bits per heavy atom. The van der Waals surface area contributed by atoms with Crippen molar-refractivity contribution < 1.29 is 13.6 Å². The number of ketones is 1. The Hall–Kier alpha value is -2.77. The van der Waals surface area contributed by atoms with Crippen molar-refractivity contribution in [2.24, 2.45) is 24.3 Å². The van der Waals surface area contributed by atoms with Gasteiger partial charge in [-0.3, -0.25) is 4.79 Å². The highest BCUT2D eigenvalue weighted by Crippen LogP contribution is 2.55. The van der Waals surface area contributed by atoms with Crippen LogP contribution in [0.4, 0.5) is 8.78 Å². The van der Waals surface area contributed by atoms with E-state index in [9.17, 15) is 13.6 Å². The highest BCUT2D eigenvalue weighted by atomic mass is 19.1. The van der Waals surface area contributed by atoms with Crippen molar-refractivity contribution >= 4 is 16.8 Å². The summed E-state index contributed by atoms with van der Waals surface area (Å²) in [4.78, 5) is 25.3. The number of Topliss-reactive ketones (excluding diaryl/α,β-unsaturated/α-hetero) is 1. The maximum Gasteiger partial charge on any atom is 0.181 e. The largest absolute Gasteiger partial charge is 0.300 e. The first-order chi connectivity index (χ1) is 15.4. The Bertz CT molecular complexity index is 1180. The lowest BCUT2D eigenvalue weighted by molar-refractivity contribution is -0.126. The molecule has 1 spiro atoms. The molecule has 5 rings (SSSR count). The van der Waals surface area contributed by atoms with E-state index >= 15 is 0 Å². The third kappa shape index (κ3) is 3.49. The van der Waals surface area contributed by atoms with E-state index in [1.165, 1.54) is 10.7 Å². The summed E-state index contributed by atoms with van der Waals surface area (Å²) in [6, 6.07) is 1.34. The molecule has 3 aromatic heterocycles. The van der Waals surface area contributed by atoms with Crippen LogP contribution in [0, 0.1) is 28.9 Å². The molecule has 0 amide bonds. The predicted octanol–water partition coefficient (Wildman–Crippen LogP) is 4.81. The average Bonchev–Trinajstić information content (AvgIpc) is 3.36. The molecule has 0 saturated heterocycles. The van der Waals surface area contributed by atoms with Gasteiger partial charge in [-0.25, -0.2) is 28.4 Å². The SMILES string of the molecule is CC(=O)C1CCCC2(CCCC2)C1Cc1nc(-c2nn(C)c3ncc(F)cc23)ncc1F. The van der Waals surface area contributed by atoms with Crippen LogP contribution in [0.5, 0.6) is 0 Å². The summed E-state index contributed by atoms with van der Waals surface area (Å²) < 4.78 is 30.3. The minimum Gasteiger partial charge on any atom is -0.300 e. The van der Waals surface area contributed by atoms with Gasteiger partial charge in [0.1, 0.15) is 17.3 Å². The summed E-state index contributed by atoms with van der Waals surface area (Å²) in [5.74, 6) is -0.507. The number of aryl methyl sites for hydroxylation is 1. The standard InChI is InChI=1S/C24H27F2N5O/c1-14(32)16-6-5-9-24(7-3-4-8-24)18(16)11-20-19(26)13-27-22(29-20)21-17-10-15(25)12-28-23(17)31(2)30-21/h10,12-13,16,18H,3-9,11H2,1-2H3. The molecular weight excluding hydrogens is 412 g/mol. The smallest absolute Gasteiger partial charge is 0.181 e. The number of hydrogen-bond donors (Lipinski definition) is 0. The second kappa shape index (κ2) is 7.98. The van der Waals surface area contributed by atoms with Crippen LogP contribution in [-0.2, 0) is 18.3 Å². The molecule has 2 saturated carbocycles. The Kier molecular flexibility index (Phi) is 5.26. The summed E-state index contributed by atoms with van der Waals surface area (Å²) in [6.45, 7) is 1.66. The molecule has 2 aliphatic rings. The molecule has 2 fully saturated rings. The Morgan fingerprint density at radius 2 is 1.91 bits per heavy atom. The first kappa shape index (κ1) is 21.1. The van der Waals surface area contributed by atoms with Gasteiger partial charge in [0.25, 0.3) is 0 Å². The summed E-state index contributed by atoms with van der Waals surface area (Å²) in [5, 5.41) is 4.90. The van der Waals surface area contributed by atoms with Crippen molar-refractivity contribution in [1.29, 1.82) is 0 Å². The zero-order chi connectivity index (χ0) is 22.5. The van der Waals surface area contributed by atoms with Crippen LogP contribution in [0.25, 0.3) is 22.6 Å². The number of nitrogens with zero attached hydrogens (tertiary/aromatic N) is 5. The first-order valence-corrected chi connectivity index (χ1v) is 11.4. The predicted molar refractivity (Wildman–Crippen MR) is 116 cm³/mol. The van der Waals surface area contributed by atoms with Gasteiger partial charge in [0.2, 0.25) is 0 Å². The zero-order valence-corrected chi connectivity index (χ0v) is 18.4. The van der Waals surface area contributed by atoms with Crippen LogP contribution in [0.2, 0.25) is 0 Å². The summed E-state index contributed by atoms with van der Waals surface area (Å²) >= 11 is 0. The number of rotatable bonds is 4. The van der Waals surface area contributed by atoms with Gasteiger partial charge in [-0.1, -0.05) is 19.3 Å². The molecule has 0 aliphatic heterocycles. The molecule has 3 aromatic rings. The second-order valence-corrected chi connectivity index (χ2v) is 9.47. The number of pyridine rings is 1. The molecule has 2 atom stereocenters. The van der Waals surface area contributed by atoms with Crippen molar-refractivity contribution in [1.82, 2.24) is 24.7 Å². The van der Waals surface area contributed by atoms with Gasteiger partial charge in [0.05, 0.1) is 23.5 Å². The van der Waals surface area contributed by atoms with Gasteiger partial charge in [-0.05, 0) is 56.4 Å². The lowest BCUT2D eigenvalue weighted by atomic mass is 9.58. The monoisotopic (exact) mass is 439 g/mol. The van der Waals surface area contributed by atoms with Crippen LogP contribution in [0.1, 0.15) is 57.6 Å². The molecule has 0 bridgehead atoms. The number of carbonyl (C=O) groups excluding carboxylic acids is 1. The van der Waals surface area contributed by atoms with Crippen LogP contribution < -0.4 is 0 Å². The van der Waals surface area contributed by atoms with E-state index in [1.54, 1.807) is 14.0 Å². The molecule has 8 heteroatoms. The van der Waals surface area contributed by atoms with Crippen LogP contribution in [-0.4, -0.2) is 30.5 Å². The van der Waals surface area contributed by atoms with E-state index in [0.717, 1.165) is 57.3 Å². The molecule has 0 N–H and O–H groups in total. The van der Waals surface area contributed by atoms with E-state index in [-0.39, 0.29) is 28.9 Å². The number of carbonyl (C=O) groups is 1. The topological polar surface area (TPSA) is 73.6 Å². The van der Waals surface area contributed by atoms with Gasteiger partial charge in [0, 0.05) is 13.0 Å². The van der Waals surface area contributed by atoms with E-state index < -0.39 is 11.6 Å². The van der Waals surface area contributed by atoms with Gasteiger partial charge in [-0.15, -0.1) is 0 Å². The minimum atomic E-state index is -0.483. The maximum atomic E-state index is 14.9. The van der Waals surface area contributed by atoms with Crippen molar-refractivity contribution in [3.63, 3.8) is 0 Å². The Labute approximate surface area is 185 Å². The maximum absolute atomic E-state index is 14.9. The van der Waals surface area contributed by atoms with E-state index in [1.807, 2.05) is 0 Å². The van der Waals surface area contributed by atoms with Gasteiger partial charge in [0.15, 0.2) is 17.3 Å². The Morgan fingerprint density at radius 1 is 1.16 bits per heavy atom. The molecule has 168 valence electrons. The lowest BCUT2D eigenvalue weighted by Gasteiger charge is -2.45. The fourth-order valence-electron chi connectivity index (χ4n) is 6.18. The molecule has 3 heterocycles. The third-order valence-corrected chi connectivity index (χ3v) is 7.67. The van der Waals surface area contributed by atoms with E-state index in [4.69, 9.17) is 0 Å². The van der Waals surface area contributed by atoms with E-state index in [2.05, 4.69) is 20.1 Å². The van der Waals surface area contributed by atoms with E-state index in [0.29, 0.717) is 28.8 Å². The van der Waals surface area contributed by atoms with Crippen LogP contribution in [0.3, 0.4) is 0 Å². The minimum absolute atomic E-state index is 0.0614. The number of fused-ring (bicyclic) bond motifs is 1. The normalized spacial score (nSPS) is 22.6. The van der Waals surface area contributed by atoms with Crippen LogP contribution >= 0.6 is 0 Å². The Balaban J connectivity index is 1.56. The van der Waals surface area contributed by atoms with Gasteiger partial charge in [-0.2, -0.15) is 5.10 Å². The highest BCUT2D eigenvalue weighted by molar-refractivity contribution is 5.89. The number of halogens is 2. The summed E-state index contributed by atoms with van der Waals surface area (Å²) in [7, 11) is 1.71. The van der Waals surface area contributed by atoms with Crippen molar-refractivity contribution in [3.05, 3.63) is 35.8 Å². The van der Waals surface area contributed by atoms with Crippen molar-refractivity contribution in [3.8, 4) is 11.5 Å². The highest BCUT2D eigenvalue weighted by Gasteiger charge is 2.48. The summed E-state index contributed by atoms with van der Waals surface area (Å²) in [6.07, 6.45) is 10.2. The number of aromatic nitrogens is 5. The average molecular weight is 440 g/mol. The second-order valence-electron chi connectivity index (χ2n) is 9.47. The van der Waals surface area contributed by atoms with Gasteiger partial charge >= 0.3 is 0 Å². The van der Waals surface area contributed by atoms with Crippen LogP contribution in [0.15, 0.2) is 18.5 Å². The third-order valence-electron chi connectivity index (χ3n) is 7.67. The number of hydrogen-bond acceptors (Lipinski definition) is 5.